The van der Waals surface area contributed by atoms with Crippen molar-refractivity contribution < 1.29 is 14.4 Å². The monoisotopic (exact) mass is 328 g/mol. The fraction of sp³-hybridized carbons (Fsp3) is 0.471. The third-order valence-electron chi connectivity index (χ3n) is 5.02. The number of imide groups is 1. The highest BCUT2D eigenvalue weighted by atomic mass is 16.2. The van der Waals surface area contributed by atoms with Crippen LogP contribution in [0.4, 0.5) is 5.69 Å². The number of anilines is 1. The molecule has 2 fully saturated rings. The Hall–Kier alpha value is -2.41. The lowest BCUT2D eigenvalue weighted by molar-refractivity contribution is -0.136. The summed E-state index contributed by atoms with van der Waals surface area (Å²) in [4.78, 5) is 40.2. The van der Waals surface area contributed by atoms with Gasteiger partial charge in [-0.2, -0.15) is 0 Å². The molecule has 7 heteroatoms. The van der Waals surface area contributed by atoms with Crippen molar-refractivity contribution in [3.8, 4) is 0 Å². The standard InChI is InChI=1S/C17H20N4O3/c22-15-5-4-14(16(23)19-15)21-10-12-11(17(21)24)2-1-3-13(12)20-8-6-18-7-9-20/h1-3,14,18H,4-10H2,(H,19,22,23). The minimum Gasteiger partial charge on any atom is -0.369 e. The molecule has 0 aliphatic carbocycles. The predicted octanol–water partition coefficient (Wildman–Crippen LogP) is -0.143. The Balaban J connectivity index is 1.62. The van der Waals surface area contributed by atoms with Gasteiger partial charge in [0.05, 0.1) is 0 Å². The summed E-state index contributed by atoms with van der Waals surface area (Å²) in [5, 5.41) is 5.67. The van der Waals surface area contributed by atoms with E-state index < -0.39 is 6.04 Å². The van der Waals surface area contributed by atoms with E-state index in [-0.39, 0.29) is 24.1 Å². The van der Waals surface area contributed by atoms with Crippen LogP contribution in [0.15, 0.2) is 18.2 Å². The molecule has 2 N–H and O–H groups in total. The van der Waals surface area contributed by atoms with Crippen LogP contribution in [-0.2, 0) is 16.1 Å². The number of amides is 3. The Labute approximate surface area is 140 Å². The molecule has 3 aliphatic heterocycles. The summed E-state index contributed by atoms with van der Waals surface area (Å²) >= 11 is 0. The Morgan fingerprint density at radius 3 is 2.62 bits per heavy atom. The molecule has 3 heterocycles. The average molecular weight is 328 g/mol. The number of piperidine rings is 1. The number of carbonyl (C=O) groups excluding carboxylic acids is 3. The number of nitrogens with one attached hydrogen (secondary N) is 2. The van der Waals surface area contributed by atoms with Crippen LogP contribution < -0.4 is 15.5 Å². The fourth-order valence-corrected chi connectivity index (χ4v) is 3.77. The topological polar surface area (TPSA) is 81.8 Å². The maximum atomic E-state index is 12.8. The number of hydrogen-bond donors (Lipinski definition) is 2. The van der Waals surface area contributed by atoms with Crippen molar-refractivity contribution in [2.75, 3.05) is 31.1 Å². The van der Waals surface area contributed by atoms with E-state index in [9.17, 15) is 14.4 Å². The summed E-state index contributed by atoms with van der Waals surface area (Å²) in [6.07, 6.45) is 0.675. The van der Waals surface area contributed by atoms with Crippen molar-refractivity contribution in [2.24, 2.45) is 0 Å². The Kier molecular flexibility index (Phi) is 3.72. The molecular weight excluding hydrogens is 308 g/mol. The molecule has 2 saturated heterocycles. The van der Waals surface area contributed by atoms with Gasteiger partial charge >= 0.3 is 0 Å². The highest BCUT2D eigenvalue weighted by Gasteiger charge is 2.40. The third kappa shape index (κ3) is 2.45. The second-order valence-electron chi connectivity index (χ2n) is 6.44. The van der Waals surface area contributed by atoms with Gasteiger partial charge in [0.15, 0.2) is 0 Å². The van der Waals surface area contributed by atoms with E-state index in [2.05, 4.69) is 15.5 Å². The highest BCUT2D eigenvalue weighted by Crippen LogP contribution is 2.34. The average Bonchev–Trinajstić information content (AvgIpc) is 2.93. The smallest absolute Gasteiger partial charge is 0.255 e. The quantitative estimate of drug-likeness (QED) is 0.739. The van der Waals surface area contributed by atoms with E-state index in [0.717, 1.165) is 37.4 Å². The van der Waals surface area contributed by atoms with E-state index >= 15 is 0 Å². The van der Waals surface area contributed by atoms with Crippen LogP contribution in [0.2, 0.25) is 0 Å². The number of benzene rings is 1. The molecule has 3 aliphatic rings. The van der Waals surface area contributed by atoms with Crippen LogP contribution in [0.25, 0.3) is 0 Å². The maximum absolute atomic E-state index is 12.8. The molecule has 1 aromatic rings. The number of carbonyl (C=O) groups is 3. The van der Waals surface area contributed by atoms with Crippen molar-refractivity contribution in [1.82, 2.24) is 15.5 Å². The van der Waals surface area contributed by atoms with E-state index in [1.165, 1.54) is 0 Å². The van der Waals surface area contributed by atoms with Gasteiger partial charge in [-0.25, -0.2) is 0 Å². The Morgan fingerprint density at radius 1 is 1.08 bits per heavy atom. The van der Waals surface area contributed by atoms with Crippen LogP contribution >= 0.6 is 0 Å². The molecule has 1 aromatic carbocycles. The Bertz CT molecular complexity index is 712. The van der Waals surface area contributed by atoms with Gasteiger partial charge in [-0.15, -0.1) is 0 Å². The van der Waals surface area contributed by atoms with Crippen molar-refractivity contribution in [1.29, 1.82) is 0 Å². The number of hydrogen-bond acceptors (Lipinski definition) is 5. The summed E-state index contributed by atoms with van der Waals surface area (Å²) in [6, 6.07) is 5.22. The SMILES string of the molecule is O=C1CCC(N2Cc3c(cccc3N3CCNCC3)C2=O)C(=O)N1. The molecule has 0 bridgehead atoms. The molecule has 0 aromatic heterocycles. The van der Waals surface area contributed by atoms with Crippen molar-refractivity contribution in [3.63, 3.8) is 0 Å². The summed E-state index contributed by atoms with van der Waals surface area (Å²) in [7, 11) is 0. The minimum atomic E-state index is -0.557. The highest BCUT2D eigenvalue weighted by molar-refractivity contribution is 6.06. The summed E-state index contributed by atoms with van der Waals surface area (Å²) in [5.41, 5.74) is 2.75. The Morgan fingerprint density at radius 2 is 1.88 bits per heavy atom. The molecule has 0 spiro atoms. The van der Waals surface area contributed by atoms with Gasteiger partial charge in [0.25, 0.3) is 5.91 Å². The lowest BCUT2D eigenvalue weighted by Gasteiger charge is -2.31. The van der Waals surface area contributed by atoms with Crippen LogP contribution in [0.5, 0.6) is 0 Å². The minimum absolute atomic E-state index is 0.114. The molecule has 7 nitrogen and oxygen atoms in total. The number of nitrogens with zero attached hydrogens (tertiary/aromatic N) is 2. The number of fused-ring (bicyclic) bond motifs is 1. The summed E-state index contributed by atoms with van der Waals surface area (Å²) < 4.78 is 0. The van der Waals surface area contributed by atoms with Gasteiger partial charge in [0, 0.05) is 56.0 Å². The third-order valence-corrected chi connectivity index (χ3v) is 5.02. The normalized spacial score (nSPS) is 24.2. The first-order chi connectivity index (χ1) is 11.6. The van der Waals surface area contributed by atoms with Crippen LogP contribution in [-0.4, -0.2) is 54.8 Å². The number of rotatable bonds is 2. The molecule has 4 rings (SSSR count). The van der Waals surface area contributed by atoms with Crippen LogP contribution in [0, 0.1) is 0 Å². The largest absolute Gasteiger partial charge is 0.369 e. The lowest BCUT2D eigenvalue weighted by atomic mass is 10.0. The van der Waals surface area contributed by atoms with E-state index in [1.54, 1.807) is 4.90 Å². The van der Waals surface area contributed by atoms with Crippen LogP contribution in [0.1, 0.15) is 28.8 Å². The van der Waals surface area contributed by atoms with Gasteiger partial charge in [-0.3, -0.25) is 19.7 Å². The zero-order valence-corrected chi connectivity index (χ0v) is 13.4. The van der Waals surface area contributed by atoms with Gasteiger partial charge in [-0.05, 0) is 18.6 Å². The maximum Gasteiger partial charge on any atom is 0.255 e. The van der Waals surface area contributed by atoms with Crippen LogP contribution in [0.3, 0.4) is 0 Å². The first-order valence-electron chi connectivity index (χ1n) is 8.37. The molecule has 3 amide bonds. The second-order valence-corrected chi connectivity index (χ2v) is 6.44. The van der Waals surface area contributed by atoms with E-state index in [0.29, 0.717) is 18.5 Å². The van der Waals surface area contributed by atoms with E-state index in [4.69, 9.17) is 0 Å². The van der Waals surface area contributed by atoms with Gasteiger partial charge in [0.2, 0.25) is 11.8 Å². The molecule has 0 saturated carbocycles. The zero-order valence-electron chi connectivity index (χ0n) is 13.4. The zero-order chi connectivity index (χ0) is 16.7. The van der Waals surface area contributed by atoms with Crippen molar-refractivity contribution >= 4 is 23.4 Å². The number of piperazine rings is 1. The second kappa shape index (κ2) is 5.90. The molecule has 1 atom stereocenters. The first kappa shape index (κ1) is 15.1. The van der Waals surface area contributed by atoms with Crippen molar-refractivity contribution in [2.45, 2.75) is 25.4 Å². The van der Waals surface area contributed by atoms with Gasteiger partial charge in [0.1, 0.15) is 6.04 Å². The van der Waals surface area contributed by atoms with Gasteiger partial charge in [-0.1, -0.05) is 6.07 Å². The summed E-state index contributed by atoms with van der Waals surface area (Å²) in [6.45, 7) is 4.09. The molecule has 1 unspecified atom stereocenters. The lowest BCUT2D eigenvalue weighted by Crippen LogP contribution is -2.52. The van der Waals surface area contributed by atoms with Crippen molar-refractivity contribution in [3.05, 3.63) is 29.3 Å². The fourth-order valence-electron chi connectivity index (χ4n) is 3.77. The summed E-state index contributed by atoms with van der Waals surface area (Å²) in [5.74, 6) is -0.741. The first-order valence-corrected chi connectivity index (χ1v) is 8.37. The molecule has 0 radical (unpaired) electrons. The molecule has 24 heavy (non-hydrogen) atoms. The molecule has 126 valence electrons. The van der Waals surface area contributed by atoms with E-state index in [1.807, 2.05) is 18.2 Å². The molecular formula is C17H20N4O3. The predicted molar refractivity (Wildman–Crippen MR) is 87.6 cm³/mol. The van der Waals surface area contributed by atoms with Gasteiger partial charge < -0.3 is 15.1 Å².